The van der Waals surface area contributed by atoms with Gasteiger partial charge in [0.25, 0.3) is 0 Å². The molecular weight excluding hydrogens is 286 g/mol. The first-order chi connectivity index (χ1) is 11.3. The fourth-order valence-corrected chi connectivity index (χ4v) is 3.34. The molecule has 1 fully saturated rings. The molecule has 1 atom stereocenters. The zero-order valence-electron chi connectivity index (χ0n) is 13.7. The average Bonchev–Trinajstić information content (AvgIpc) is 2.63. The predicted octanol–water partition coefficient (Wildman–Crippen LogP) is 3.64. The first kappa shape index (κ1) is 16.0. The van der Waals surface area contributed by atoms with Gasteiger partial charge in [0.2, 0.25) is 0 Å². The summed E-state index contributed by atoms with van der Waals surface area (Å²) in [7, 11) is 1.66. The van der Waals surface area contributed by atoms with Gasteiger partial charge in [-0.2, -0.15) is 0 Å². The molecule has 0 aliphatic carbocycles. The number of likely N-dealkylation sites (tertiary alicyclic amines) is 1. The van der Waals surface area contributed by atoms with Crippen LogP contribution in [0.4, 0.5) is 0 Å². The van der Waals surface area contributed by atoms with E-state index in [1.165, 1.54) is 5.56 Å². The Hall–Kier alpha value is -1.84. The third-order valence-electron chi connectivity index (χ3n) is 4.79. The SMILES string of the molecule is COc1ccc(C(O)C2CCN(Cc3ccccc3)CC2)cc1. The molecule has 1 saturated heterocycles. The van der Waals surface area contributed by atoms with Gasteiger partial charge in [-0.15, -0.1) is 0 Å². The van der Waals surface area contributed by atoms with Crippen molar-refractivity contribution in [3.05, 3.63) is 65.7 Å². The highest BCUT2D eigenvalue weighted by Gasteiger charge is 2.26. The van der Waals surface area contributed by atoms with E-state index in [-0.39, 0.29) is 6.10 Å². The number of aliphatic hydroxyl groups is 1. The molecule has 2 aromatic rings. The van der Waals surface area contributed by atoms with Gasteiger partial charge >= 0.3 is 0 Å². The second-order valence-corrected chi connectivity index (χ2v) is 6.32. The van der Waals surface area contributed by atoms with E-state index in [1.54, 1.807) is 7.11 Å². The summed E-state index contributed by atoms with van der Waals surface area (Å²) in [5.74, 6) is 1.18. The molecule has 3 nitrogen and oxygen atoms in total. The van der Waals surface area contributed by atoms with E-state index < -0.39 is 0 Å². The van der Waals surface area contributed by atoms with Crippen LogP contribution in [0.3, 0.4) is 0 Å². The Bertz CT molecular complexity index is 589. The molecule has 0 bridgehead atoms. The third kappa shape index (κ3) is 4.12. The Balaban J connectivity index is 1.53. The van der Waals surface area contributed by atoms with Gasteiger partial charge in [0.15, 0.2) is 0 Å². The number of rotatable bonds is 5. The molecule has 1 aliphatic rings. The van der Waals surface area contributed by atoms with Crippen molar-refractivity contribution in [1.29, 1.82) is 0 Å². The lowest BCUT2D eigenvalue weighted by Gasteiger charge is -2.34. The van der Waals surface area contributed by atoms with Crippen LogP contribution in [0.1, 0.15) is 30.1 Å². The normalized spacial score (nSPS) is 17.8. The minimum Gasteiger partial charge on any atom is -0.497 e. The minimum absolute atomic E-state index is 0.343. The lowest BCUT2D eigenvalue weighted by Crippen LogP contribution is -2.35. The Labute approximate surface area is 138 Å². The molecule has 1 N–H and O–H groups in total. The minimum atomic E-state index is -0.375. The van der Waals surface area contributed by atoms with E-state index in [9.17, 15) is 5.11 Å². The number of hydrogen-bond acceptors (Lipinski definition) is 3. The van der Waals surface area contributed by atoms with Crippen LogP contribution in [0.15, 0.2) is 54.6 Å². The zero-order valence-corrected chi connectivity index (χ0v) is 13.7. The number of nitrogens with zero attached hydrogens (tertiary/aromatic N) is 1. The van der Waals surface area contributed by atoms with E-state index in [0.717, 1.165) is 43.8 Å². The molecule has 3 heteroatoms. The molecule has 122 valence electrons. The number of benzene rings is 2. The number of aliphatic hydroxyl groups excluding tert-OH is 1. The van der Waals surface area contributed by atoms with Crippen molar-refractivity contribution in [2.75, 3.05) is 20.2 Å². The van der Waals surface area contributed by atoms with Crippen LogP contribution in [0.25, 0.3) is 0 Å². The van der Waals surface area contributed by atoms with Crippen LogP contribution in [-0.4, -0.2) is 30.2 Å². The van der Waals surface area contributed by atoms with Gasteiger partial charge in [0, 0.05) is 6.54 Å². The van der Waals surface area contributed by atoms with Crippen molar-refractivity contribution < 1.29 is 9.84 Å². The Kier molecular flexibility index (Phi) is 5.31. The molecule has 1 unspecified atom stereocenters. The fourth-order valence-electron chi connectivity index (χ4n) is 3.34. The maximum absolute atomic E-state index is 10.6. The Morgan fingerprint density at radius 3 is 2.30 bits per heavy atom. The van der Waals surface area contributed by atoms with Gasteiger partial charge in [0.05, 0.1) is 13.2 Å². The molecule has 0 amide bonds. The zero-order chi connectivity index (χ0) is 16.1. The van der Waals surface area contributed by atoms with Crippen LogP contribution < -0.4 is 4.74 Å². The highest BCUT2D eigenvalue weighted by molar-refractivity contribution is 5.28. The summed E-state index contributed by atoms with van der Waals surface area (Å²) in [6.07, 6.45) is 1.71. The van der Waals surface area contributed by atoms with Gasteiger partial charge in [-0.3, -0.25) is 4.90 Å². The van der Waals surface area contributed by atoms with Gasteiger partial charge in [-0.25, -0.2) is 0 Å². The van der Waals surface area contributed by atoms with Crippen molar-refractivity contribution in [3.8, 4) is 5.75 Å². The summed E-state index contributed by atoms with van der Waals surface area (Å²) in [5.41, 5.74) is 2.36. The molecule has 0 radical (unpaired) electrons. The van der Waals surface area contributed by atoms with E-state index in [2.05, 4.69) is 35.2 Å². The quantitative estimate of drug-likeness (QED) is 0.915. The van der Waals surface area contributed by atoms with Crippen LogP contribution in [0, 0.1) is 5.92 Å². The summed E-state index contributed by atoms with van der Waals surface area (Å²) < 4.78 is 5.18. The second kappa shape index (κ2) is 7.62. The maximum atomic E-state index is 10.6. The van der Waals surface area contributed by atoms with Gasteiger partial charge in [-0.05, 0) is 55.1 Å². The molecule has 3 rings (SSSR count). The van der Waals surface area contributed by atoms with Crippen molar-refractivity contribution >= 4 is 0 Å². The van der Waals surface area contributed by atoms with Crippen molar-refractivity contribution in [1.82, 2.24) is 4.90 Å². The highest BCUT2D eigenvalue weighted by Crippen LogP contribution is 2.31. The fraction of sp³-hybridized carbons (Fsp3) is 0.400. The van der Waals surface area contributed by atoms with Crippen LogP contribution in [-0.2, 0) is 6.54 Å². The lowest BCUT2D eigenvalue weighted by atomic mass is 9.87. The topological polar surface area (TPSA) is 32.7 Å². The summed E-state index contributed by atoms with van der Waals surface area (Å²) in [5, 5.41) is 10.6. The summed E-state index contributed by atoms with van der Waals surface area (Å²) in [4.78, 5) is 2.48. The number of ether oxygens (including phenoxy) is 1. The summed E-state index contributed by atoms with van der Waals surface area (Å²) >= 11 is 0. The van der Waals surface area contributed by atoms with Gasteiger partial charge in [-0.1, -0.05) is 42.5 Å². The molecule has 1 heterocycles. The number of methoxy groups -OCH3 is 1. The number of piperidine rings is 1. The molecule has 23 heavy (non-hydrogen) atoms. The molecule has 2 aromatic carbocycles. The maximum Gasteiger partial charge on any atom is 0.118 e. The molecule has 0 aromatic heterocycles. The molecule has 0 saturated carbocycles. The average molecular weight is 311 g/mol. The van der Waals surface area contributed by atoms with E-state index in [1.807, 2.05) is 24.3 Å². The number of hydrogen-bond donors (Lipinski definition) is 1. The van der Waals surface area contributed by atoms with Crippen molar-refractivity contribution in [3.63, 3.8) is 0 Å². The first-order valence-electron chi connectivity index (χ1n) is 8.34. The molecule has 1 aliphatic heterocycles. The summed E-state index contributed by atoms with van der Waals surface area (Å²) in [6.45, 7) is 3.10. The summed E-state index contributed by atoms with van der Waals surface area (Å²) in [6, 6.07) is 18.4. The van der Waals surface area contributed by atoms with Gasteiger partial charge < -0.3 is 9.84 Å². The molecular formula is C20H25NO2. The predicted molar refractivity (Wildman–Crippen MR) is 92.4 cm³/mol. The largest absolute Gasteiger partial charge is 0.497 e. The Morgan fingerprint density at radius 1 is 1.04 bits per heavy atom. The van der Waals surface area contributed by atoms with Crippen molar-refractivity contribution in [2.24, 2.45) is 5.92 Å². The van der Waals surface area contributed by atoms with Gasteiger partial charge in [0.1, 0.15) is 5.75 Å². The second-order valence-electron chi connectivity index (χ2n) is 6.32. The first-order valence-corrected chi connectivity index (χ1v) is 8.34. The van der Waals surface area contributed by atoms with E-state index in [0.29, 0.717) is 5.92 Å². The van der Waals surface area contributed by atoms with Crippen LogP contribution in [0.2, 0.25) is 0 Å². The lowest BCUT2D eigenvalue weighted by molar-refractivity contribution is 0.0567. The monoisotopic (exact) mass is 311 g/mol. The van der Waals surface area contributed by atoms with Crippen molar-refractivity contribution in [2.45, 2.75) is 25.5 Å². The standard InChI is InChI=1S/C20H25NO2/c1-23-19-9-7-17(8-10-19)20(22)18-11-13-21(14-12-18)15-16-5-3-2-4-6-16/h2-10,18,20,22H,11-15H2,1H3. The van der Waals surface area contributed by atoms with Crippen LogP contribution in [0.5, 0.6) is 5.75 Å². The Morgan fingerprint density at radius 2 is 1.70 bits per heavy atom. The van der Waals surface area contributed by atoms with E-state index >= 15 is 0 Å². The third-order valence-corrected chi connectivity index (χ3v) is 4.79. The molecule has 0 spiro atoms. The van der Waals surface area contributed by atoms with Crippen LogP contribution >= 0.6 is 0 Å². The van der Waals surface area contributed by atoms with E-state index in [4.69, 9.17) is 4.74 Å². The smallest absolute Gasteiger partial charge is 0.118 e. The highest BCUT2D eigenvalue weighted by atomic mass is 16.5.